The summed E-state index contributed by atoms with van der Waals surface area (Å²) in [5.74, 6) is 2.09. The molecule has 0 bridgehead atoms. The van der Waals surface area contributed by atoms with Crippen molar-refractivity contribution in [3.8, 4) is 0 Å². The summed E-state index contributed by atoms with van der Waals surface area (Å²) in [6.45, 7) is 13.3. The van der Waals surface area contributed by atoms with Gasteiger partial charge in [-0.2, -0.15) is 9.97 Å². The van der Waals surface area contributed by atoms with Crippen molar-refractivity contribution in [3.63, 3.8) is 0 Å². The van der Waals surface area contributed by atoms with Crippen LogP contribution in [0, 0.1) is 0 Å². The molecule has 3 rings (SSSR count). The Balaban J connectivity index is 0.00000101. The fraction of sp³-hybridized carbons (Fsp3) is 0.667. The average molecular weight is 419 g/mol. The highest BCUT2D eigenvalue weighted by molar-refractivity contribution is 5.88. The van der Waals surface area contributed by atoms with E-state index in [0.29, 0.717) is 36.6 Å². The molecule has 1 atom stereocenters. The number of hydrogen-bond acceptors (Lipinski definition) is 8. The van der Waals surface area contributed by atoms with Gasteiger partial charge in [-0.15, -0.1) is 0 Å². The fourth-order valence-electron chi connectivity index (χ4n) is 2.67. The molecule has 30 heavy (non-hydrogen) atoms. The van der Waals surface area contributed by atoms with E-state index >= 15 is 0 Å². The molecule has 1 fully saturated rings. The molecule has 1 aliphatic rings. The van der Waals surface area contributed by atoms with Gasteiger partial charge in [-0.3, -0.25) is 4.90 Å². The molecule has 0 radical (unpaired) electrons. The SMILES string of the molecule is CCC.CCCCC(Nc1nccc(N2CCOC2=O)n1)c1nc(C(C)(C)C)no1. The Morgan fingerprint density at radius 2 is 1.97 bits per heavy atom. The van der Waals surface area contributed by atoms with E-state index in [-0.39, 0.29) is 11.5 Å². The van der Waals surface area contributed by atoms with Crippen molar-refractivity contribution in [2.75, 3.05) is 23.4 Å². The van der Waals surface area contributed by atoms with Crippen LogP contribution >= 0.6 is 0 Å². The standard InChI is InChI=1S/C18H26N6O3.C3H8/c1-5-6-7-12(14-22-15(23-27-14)18(2,3)4)20-16-19-9-8-13(21-16)24-10-11-26-17(24)25;1-3-2/h8-9,12H,5-7,10-11H2,1-4H3,(H,19,20,21);3H2,1-2H3. The zero-order valence-electron chi connectivity index (χ0n) is 18.9. The highest BCUT2D eigenvalue weighted by Gasteiger charge is 2.27. The highest BCUT2D eigenvalue weighted by Crippen LogP contribution is 2.26. The number of rotatable bonds is 7. The number of unbranched alkanes of at least 4 members (excludes halogenated alkanes) is 1. The number of cyclic esters (lactones) is 1. The summed E-state index contributed by atoms with van der Waals surface area (Å²) >= 11 is 0. The smallest absolute Gasteiger partial charge is 0.415 e. The van der Waals surface area contributed by atoms with Crippen molar-refractivity contribution in [3.05, 3.63) is 24.0 Å². The lowest BCUT2D eigenvalue weighted by Crippen LogP contribution is -2.25. The van der Waals surface area contributed by atoms with E-state index in [2.05, 4.69) is 46.2 Å². The molecule has 1 aliphatic heterocycles. The van der Waals surface area contributed by atoms with Gasteiger partial charge in [-0.25, -0.2) is 9.78 Å². The Hall–Kier alpha value is -2.71. The zero-order valence-corrected chi connectivity index (χ0v) is 18.9. The Morgan fingerprint density at radius 1 is 1.23 bits per heavy atom. The minimum absolute atomic E-state index is 0.191. The molecule has 3 heterocycles. The first-order valence-corrected chi connectivity index (χ1v) is 10.7. The Morgan fingerprint density at radius 3 is 2.53 bits per heavy atom. The molecule has 166 valence electrons. The van der Waals surface area contributed by atoms with Gasteiger partial charge in [0.25, 0.3) is 0 Å². The van der Waals surface area contributed by atoms with Gasteiger partial charge in [-0.1, -0.05) is 66.0 Å². The van der Waals surface area contributed by atoms with Crippen LogP contribution in [0.15, 0.2) is 16.8 Å². The van der Waals surface area contributed by atoms with E-state index in [4.69, 9.17) is 9.26 Å². The van der Waals surface area contributed by atoms with Gasteiger partial charge in [0.15, 0.2) is 5.82 Å². The molecule has 0 aromatic carbocycles. The van der Waals surface area contributed by atoms with Gasteiger partial charge in [0, 0.05) is 11.6 Å². The summed E-state index contributed by atoms with van der Waals surface area (Å²) in [4.78, 5) is 26.5. The summed E-state index contributed by atoms with van der Waals surface area (Å²) in [5.41, 5.74) is -0.191. The monoisotopic (exact) mass is 418 g/mol. The van der Waals surface area contributed by atoms with Crippen LogP contribution in [0.3, 0.4) is 0 Å². The average Bonchev–Trinajstić information content (AvgIpc) is 3.35. The van der Waals surface area contributed by atoms with Crippen LogP contribution in [0.4, 0.5) is 16.6 Å². The molecule has 0 saturated carbocycles. The van der Waals surface area contributed by atoms with Crippen molar-refractivity contribution in [2.45, 2.75) is 78.7 Å². The second-order valence-electron chi connectivity index (χ2n) is 8.26. The number of nitrogens with zero attached hydrogens (tertiary/aromatic N) is 5. The molecule has 1 N–H and O–H groups in total. The normalized spacial score (nSPS) is 14.7. The van der Waals surface area contributed by atoms with E-state index in [1.165, 1.54) is 11.3 Å². The fourth-order valence-corrected chi connectivity index (χ4v) is 2.67. The Bertz CT molecular complexity index is 802. The van der Waals surface area contributed by atoms with Crippen molar-refractivity contribution in [1.29, 1.82) is 0 Å². The van der Waals surface area contributed by atoms with Crippen molar-refractivity contribution >= 4 is 17.9 Å². The van der Waals surface area contributed by atoms with Gasteiger partial charge in [-0.05, 0) is 12.5 Å². The molecule has 0 aliphatic carbocycles. The topological polar surface area (TPSA) is 106 Å². The van der Waals surface area contributed by atoms with Crippen LogP contribution in [0.2, 0.25) is 0 Å². The number of aromatic nitrogens is 4. The number of anilines is 2. The molecule has 1 amide bonds. The lowest BCUT2D eigenvalue weighted by atomic mass is 9.96. The van der Waals surface area contributed by atoms with Crippen LogP contribution in [-0.2, 0) is 10.2 Å². The van der Waals surface area contributed by atoms with Crippen LogP contribution < -0.4 is 10.2 Å². The molecule has 9 nitrogen and oxygen atoms in total. The number of carbonyl (C=O) groups is 1. The second-order valence-corrected chi connectivity index (χ2v) is 8.26. The van der Waals surface area contributed by atoms with Crippen LogP contribution in [-0.4, -0.2) is 39.4 Å². The maximum atomic E-state index is 11.8. The van der Waals surface area contributed by atoms with Gasteiger partial charge < -0.3 is 14.6 Å². The molecule has 2 aromatic rings. The van der Waals surface area contributed by atoms with Crippen LogP contribution in [0.5, 0.6) is 0 Å². The molecule has 9 heteroatoms. The first kappa shape index (κ1) is 23.6. The maximum Gasteiger partial charge on any atom is 0.415 e. The van der Waals surface area contributed by atoms with Gasteiger partial charge >= 0.3 is 6.09 Å². The van der Waals surface area contributed by atoms with Gasteiger partial charge in [0.2, 0.25) is 11.8 Å². The van der Waals surface area contributed by atoms with Crippen LogP contribution in [0.1, 0.15) is 85.0 Å². The van der Waals surface area contributed by atoms with E-state index < -0.39 is 6.09 Å². The van der Waals surface area contributed by atoms with Crippen molar-refractivity contribution in [2.24, 2.45) is 0 Å². The molecule has 1 saturated heterocycles. The predicted octanol–water partition coefficient (Wildman–Crippen LogP) is 4.87. The largest absolute Gasteiger partial charge is 0.447 e. The Labute approximate surface area is 178 Å². The molecule has 2 aromatic heterocycles. The maximum absolute atomic E-state index is 11.8. The summed E-state index contributed by atoms with van der Waals surface area (Å²) in [6.07, 6.45) is 5.31. The third-order valence-electron chi connectivity index (χ3n) is 4.24. The minimum atomic E-state index is -0.395. The van der Waals surface area contributed by atoms with Crippen molar-refractivity contribution < 1.29 is 14.1 Å². The Kier molecular flexibility index (Phi) is 8.56. The van der Waals surface area contributed by atoms with Crippen molar-refractivity contribution in [1.82, 2.24) is 20.1 Å². The second kappa shape index (κ2) is 10.9. The summed E-state index contributed by atoms with van der Waals surface area (Å²) in [5, 5.41) is 7.39. The quantitative estimate of drug-likeness (QED) is 0.678. The van der Waals surface area contributed by atoms with E-state index in [9.17, 15) is 4.79 Å². The third-order valence-corrected chi connectivity index (χ3v) is 4.24. The van der Waals surface area contributed by atoms with E-state index in [1.807, 2.05) is 20.8 Å². The predicted molar refractivity (Wildman–Crippen MR) is 116 cm³/mol. The summed E-state index contributed by atoms with van der Waals surface area (Å²) in [7, 11) is 0. The summed E-state index contributed by atoms with van der Waals surface area (Å²) in [6, 6.07) is 1.48. The van der Waals surface area contributed by atoms with E-state index in [1.54, 1.807) is 12.3 Å². The first-order valence-electron chi connectivity index (χ1n) is 10.7. The molecular formula is C21H34N6O3. The third kappa shape index (κ3) is 6.40. The molecular weight excluding hydrogens is 384 g/mol. The van der Waals surface area contributed by atoms with Gasteiger partial charge in [0.05, 0.1) is 6.54 Å². The lowest BCUT2D eigenvalue weighted by molar-refractivity contribution is 0.181. The minimum Gasteiger partial charge on any atom is -0.447 e. The molecule has 1 unspecified atom stereocenters. The number of nitrogens with one attached hydrogen (secondary N) is 1. The highest BCUT2D eigenvalue weighted by atomic mass is 16.6. The summed E-state index contributed by atoms with van der Waals surface area (Å²) < 4.78 is 10.5. The number of ether oxygens (including phenoxy) is 1. The van der Waals surface area contributed by atoms with E-state index in [0.717, 1.165) is 19.3 Å². The lowest BCUT2D eigenvalue weighted by Gasteiger charge is -2.17. The van der Waals surface area contributed by atoms with Gasteiger partial charge in [0.1, 0.15) is 18.5 Å². The number of amides is 1. The van der Waals surface area contributed by atoms with Crippen LogP contribution in [0.25, 0.3) is 0 Å². The number of carbonyl (C=O) groups excluding carboxylic acids is 1. The number of hydrogen-bond donors (Lipinski definition) is 1. The first-order chi connectivity index (χ1) is 14.3. The molecule has 0 spiro atoms. The zero-order chi connectivity index (χ0) is 22.1.